The lowest BCUT2D eigenvalue weighted by atomic mass is 10.1. The lowest BCUT2D eigenvalue weighted by Gasteiger charge is -2.31. The maximum Gasteiger partial charge on any atom is 0.129 e. The summed E-state index contributed by atoms with van der Waals surface area (Å²) in [5.41, 5.74) is 0.602. The fourth-order valence-electron chi connectivity index (χ4n) is 2.21. The third-order valence-corrected chi connectivity index (χ3v) is 3.67. The average Bonchev–Trinajstić information content (AvgIpc) is 2.35. The molecule has 1 aliphatic rings. The van der Waals surface area contributed by atoms with Crippen molar-refractivity contribution in [3.05, 3.63) is 34.6 Å². The summed E-state index contributed by atoms with van der Waals surface area (Å²) >= 11 is 6.01. The molecule has 2 rings (SSSR count). The van der Waals surface area contributed by atoms with Gasteiger partial charge in [0.25, 0.3) is 0 Å². The second-order valence-corrected chi connectivity index (χ2v) is 4.82. The van der Waals surface area contributed by atoms with Crippen molar-refractivity contribution in [3.63, 3.8) is 0 Å². The minimum Gasteiger partial charge on any atom is -0.381 e. The molecule has 0 aromatic heterocycles. The molecule has 1 aliphatic heterocycles. The van der Waals surface area contributed by atoms with Crippen LogP contribution in [-0.4, -0.2) is 31.2 Å². The molecule has 0 spiro atoms. The van der Waals surface area contributed by atoms with E-state index in [4.69, 9.17) is 16.3 Å². The number of nitrogens with zero attached hydrogens (tertiary/aromatic N) is 1. The van der Waals surface area contributed by atoms with Gasteiger partial charge in [0.2, 0.25) is 0 Å². The molecule has 1 aromatic rings. The van der Waals surface area contributed by atoms with E-state index in [2.05, 4.69) is 4.90 Å². The van der Waals surface area contributed by atoms with Gasteiger partial charge >= 0.3 is 0 Å². The van der Waals surface area contributed by atoms with Gasteiger partial charge in [-0.3, -0.25) is 4.90 Å². The Hall–Kier alpha value is -0.640. The van der Waals surface area contributed by atoms with Crippen LogP contribution < -0.4 is 0 Å². The van der Waals surface area contributed by atoms with E-state index in [0.717, 1.165) is 25.9 Å². The van der Waals surface area contributed by atoms with Crippen LogP contribution in [0, 0.1) is 5.82 Å². The van der Waals surface area contributed by atoms with Crippen molar-refractivity contribution in [2.24, 2.45) is 0 Å². The SMILES string of the molecule is COC1CCN(Cc2c(F)cccc2Cl)CC1. The average molecular weight is 258 g/mol. The van der Waals surface area contributed by atoms with Gasteiger partial charge in [-0.1, -0.05) is 17.7 Å². The molecule has 0 saturated carbocycles. The molecule has 1 heterocycles. The first kappa shape index (κ1) is 12.8. The highest BCUT2D eigenvalue weighted by molar-refractivity contribution is 6.31. The highest BCUT2D eigenvalue weighted by Gasteiger charge is 2.20. The molecular weight excluding hydrogens is 241 g/mol. The molecule has 1 aromatic carbocycles. The van der Waals surface area contributed by atoms with Gasteiger partial charge in [-0.2, -0.15) is 0 Å². The zero-order valence-corrected chi connectivity index (χ0v) is 10.7. The van der Waals surface area contributed by atoms with E-state index in [-0.39, 0.29) is 5.82 Å². The summed E-state index contributed by atoms with van der Waals surface area (Å²) in [5, 5.41) is 0.513. The van der Waals surface area contributed by atoms with Crippen molar-refractivity contribution in [1.82, 2.24) is 4.90 Å². The van der Waals surface area contributed by atoms with Crippen molar-refractivity contribution >= 4 is 11.6 Å². The number of hydrogen-bond donors (Lipinski definition) is 0. The van der Waals surface area contributed by atoms with Crippen molar-refractivity contribution < 1.29 is 9.13 Å². The molecule has 0 bridgehead atoms. The van der Waals surface area contributed by atoms with E-state index >= 15 is 0 Å². The molecule has 17 heavy (non-hydrogen) atoms. The Morgan fingerprint density at radius 2 is 2.12 bits per heavy atom. The Balaban J connectivity index is 1.98. The second-order valence-electron chi connectivity index (χ2n) is 4.41. The van der Waals surface area contributed by atoms with Crippen molar-refractivity contribution in [2.75, 3.05) is 20.2 Å². The van der Waals surface area contributed by atoms with E-state index in [0.29, 0.717) is 23.2 Å². The largest absolute Gasteiger partial charge is 0.381 e. The van der Waals surface area contributed by atoms with E-state index in [9.17, 15) is 4.39 Å². The Labute approximate surface area is 106 Å². The first-order valence-electron chi connectivity index (χ1n) is 5.88. The third kappa shape index (κ3) is 3.18. The molecule has 0 aliphatic carbocycles. The molecule has 0 amide bonds. The Kier molecular flexibility index (Phi) is 4.37. The summed E-state index contributed by atoms with van der Waals surface area (Å²) in [4.78, 5) is 2.22. The standard InChI is InChI=1S/C13H17ClFNO/c1-17-10-5-7-16(8-6-10)9-11-12(14)3-2-4-13(11)15/h2-4,10H,5-9H2,1H3. The van der Waals surface area contributed by atoms with E-state index in [1.165, 1.54) is 6.07 Å². The fourth-order valence-corrected chi connectivity index (χ4v) is 2.43. The van der Waals surface area contributed by atoms with Gasteiger partial charge in [-0.15, -0.1) is 0 Å². The van der Waals surface area contributed by atoms with Gasteiger partial charge in [-0.25, -0.2) is 4.39 Å². The number of benzene rings is 1. The normalized spacial score (nSPS) is 18.5. The molecule has 0 N–H and O–H groups in total. The van der Waals surface area contributed by atoms with Crippen LogP contribution in [0.2, 0.25) is 5.02 Å². The molecule has 1 fully saturated rings. The van der Waals surface area contributed by atoms with Crippen LogP contribution in [0.3, 0.4) is 0 Å². The summed E-state index contributed by atoms with van der Waals surface area (Å²) in [6.07, 6.45) is 2.35. The lowest BCUT2D eigenvalue weighted by Crippen LogP contribution is -2.36. The maximum atomic E-state index is 13.6. The predicted octanol–water partition coefficient (Wildman–Crippen LogP) is 3.09. The summed E-state index contributed by atoms with van der Waals surface area (Å²) < 4.78 is 18.9. The number of piperidine rings is 1. The van der Waals surface area contributed by atoms with Crippen LogP contribution >= 0.6 is 11.6 Å². The molecule has 0 radical (unpaired) electrons. The van der Waals surface area contributed by atoms with Crippen molar-refractivity contribution in [1.29, 1.82) is 0 Å². The van der Waals surface area contributed by atoms with Crippen molar-refractivity contribution in [2.45, 2.75) is 25.5 Å². The first-order valence-corrected chi connectivity index (χ1v) is 6.26. The van der Waals surface area contributed by atoms with Crippen LogP contribution in [0.4, 0.5) is 4.39 Å². The number of likely N-dealkylation sites (tertiary alicyclic amines) is 1. The second kappa shape index (κ2) is 5.80. The van der Waals surface area contributed by atoms with Gasteiger partial charge in [0.05, 0.1) is 6.10 Å². The summed E-state index contributed by atoms with van der Waals surface area (Å²) in [6, 6.07) is 4.84. The van der Waals surface area contributed by atoms with Gasteiger partial charge in [0, 0.05) is 37.3 Å². The number of methoxy groups -OCH3 is 1. The zero-order valence-electron chi connectivity index (χ0n) is 9.96. The number of hydrogen-bond acceptors (Lipinski definition) is 2. The molecule has 0 atom stereocenters. The minimum atomic E-state index is -0.216. The summed E-state index contributed by atoms with van der Waals surface area (Å²) in [6.45, 7) is 2.45. The molecular formula is C13H17ClFNO. The quantitative estimate of drug-likeness (QED) is 0.825. The fraction of sp³-hybridized carbons (Fsp3) is 0.538. The Morgan fingerprint density at radius 3 is 2.71 bits per heavy atom. The zero-order chi connectivity index (χ0) is 12.3. The van der Waals surface area contributed by atoms with Gasteiger partial charge in [0.1, 0.15) is 5.82 Å². The van der Waals surface area contributed by atoms with Gasteiger partial charge in [0.15, 0.2) is 0 Å². The number of rotatable bonds is 3. The summed E-state index contributed by atoms with van der Waals surface area (Å²) in [7, 11) is 1.74. The van der Waals surface area contributed by atoms with E-state index < -0.39 is 0 Å². The maximum absolute atomic E-state index is 13.6. The monoisotopic (exact) mass is 257 g/mol. The van der Waals surface area contributed by atoms with Crippen LogP contribution in [0.25, 0.3) is 0 Å². The third-order valence-electron chi connectivity index (χ3n) is 3.31. The highest BCUT2D eigenvalue weighted by Crippen LogP contribution is 2.23. The van der Waals surface area contributed by atoms with Gasteiger partial charge < -0.3 is 4.74 Å². The van der Waals surface area contributed by atoms with Crippen LogP contribution in [-0.2, 0) is 11.3 Å². The first-order chi connectivity index (χ1) is 8.20. The highest BCUT2D eigenvalue weighted by atomic mass is 35.5. The van der Waals surface area contributed by atoms with E-state index in [1.54, 1.807) is 19.2 Å². The Bertz CT molecular complexity index is 357. The molecule has 0 unspecified atom stereocenters. The van der Waals surface area contributed by atoms with Crippen LogP contribution in [0.15, 0.2) is 18.2 Å². The molecule has 94 valence electrons. The number of ether oxygens (including phenoxy) is 1. The predicted molar refractivity (Wildman–Crippen MR) is 66.7 cm³/mol. The summed E-state index contributed by atoms with van der Waals surface area (Å²) in [5.74, 6) is -0.216. The molecule has 1 saturated heterocycles. The molecule has 4 heteroatoms. The smallest absolute Gasteiger partial charge is 0.129 e. The lowest BCUT2D eigenvalue weighted by molar-refractivity contribution is 0.0386. The topological polar surface area (TPSA) is 12.5 Å². The van der Waals surface area contributed by atoms with E-state index in [1.807, 2.05) is 0 Å². The van der Waals surface area contributed by atoms with Crippen LogP contribution in [0.5, 0.6) is 0 Å². The van der Waals surface area contributed by atoms with Crippen molar-refractivity contribution in [3.8, 4) is 0 Å². The van der Waals surface area contributed by atoms with Gasteiger partial charge in [-0.05, 0) is 25.0 Å². The minimum absolute atomic E-state index is 0.216. The molecule has 2 nitrogen and oxygen atoms in total. The Morgan fingerprint density at radius 1 is 1.41 bits per heavy atom. The van der Waals surface area contributed by atoms with Crippen LogP contribution in [0.1, 0.15) is 18.4 Å². The number of halogens is 2.